The van der Waals surface area contributed by atoms with Crippen LogP contribution in [0.25, 0.3) is 0 Å². The Morgan fingerprint density at radius 1 is 1.11 bits per heavy atom. The highest BCUT2D eigenvalue weighted by Gasteiger charge is 2.51. The molecule has 96 valence electrons. The lowest BCUT2D eigenvalue weighted by Crippen LogP contribution is -2.41. The Labute approximate surface area is 109 Å². The highest BCUT2D eigenvalue weighted by Crippen LogP contribution is 2.36. The zero-order chi connectivity index (χ0) is 13.0. The molecule has 2 heterocycles. The molecule has 18 heavy (non-hydrogen) atoms. The molecule has 2 aliphatic rings. The second-order valence-electron chi connectivity index (χ2n) is 6.18. The summed E-state index contributed by atoms with van der Waals surface area (Å²) in [6.45, 7) is 9.37. The Morgan fingerprint density at radius 3 is 2.44 bits per heavy atom. The van der Waals surface area contributed by atoms with E-state index < -0.39 is 0 Å². The van der Waals surface area contributed by atoms with Crippen LogP contribution in [-0.4, -0.2) is 24.9 Å². The first-order valence-electron chi connectivity index (χ1n) is 6.61. The van der Waals surface area contributed by atoms with Gasteiger partial charge in [0.1, 0.15) is 0 Å². The zero-order valence-corrected chi connectivity index (χ0v) is 11.5. The molecule has 3 rings (SSSR count). The quantitative estimate of drug-likeness (QED) is 0.767. The van der Waals surface area contributed by atoms with Gasteiger partial charge >= 0.3 is 7.12 Å². The number of nitrogens with one attached hydrogen (secondary N) is 1. The maximum absolute atomic E-state index is 6.07. The van der Waals surface area contributed by atoms with E-state index in [0.29, 0.717) is 0 Å². The second-order valence-corrected chi connectivity index (χ2v) is 6.18. The zero-order valence-electron chi connectivity index (χ0n) is 11.5. The van der Waals surface area contributed by atoms with Crippen molar-refractivity contribution in [1.82, 2.24) is 0 Å². The summed E-state index contributed by atoms with van der Waals surface area (Å²) < 4.78 is 12.1. The fourth-order valence-electron chi connectivity index (χ4n) is 2.45. The Morgan fingerprint density at radius 2 is 1.78 bits per heavy atom. The van der Waals surface area contributed by atoms with Gasteiger partial charge in [-0.3, -0.25) is 0 Å². The predicted molar refractivity (Wildman–Crippen MR) is 74.4 cm³/mol. The number of hydrogen-bond donors (Lipinski definition) is 1. The molecule has 0 radical (unpaired) electrons. The van der Waals surface area contributed by atoms with Crippen LogP contribution in [0.5, 0.6) is 0 Å². The van der Waals surface area contributed by atoms with Gasteiger partial charge in [0.05, 0.1) is 11.2 Å². The van der Waals surface area contributed by atoms with E-state index in [1.807, 2.05) is 0 Å². The fourth-order valence-corrected chi connectivity index (χ4v) is 2.45. The molecule has 1 fully saturated rings. The van der Waals surface area contributed by atoms with Crippen molar-refractivity contribution in [2.75, 3.05) is 11.9 Å². The van der Waals surface area contributed by atoms with Gasteiger partial charge in [-0.1, -0.05) is 12.1 Å². The van der Waals surface area contributed by atoms with E-state index in [9.17, 15) is 0 Å². The van der Waals surface area contributed by atoms with Crippen molar-refractivity contribution in [2.24, 2.45) is 0 Å². The fraction of sp³-hybridized carbons (Fsp3) is 0.571. The molecular weight excluding hydrogens is 225 g/mol. The molecule has 1 aromatic rings. The molecule has 1 N–H and O–H groups in total. The summed E-state index contributed by atoms with van der Waals surface area (Å²) in [6, 6.07) is 6.43. The van der Waals surface area contributed by atoms with Gasteiger partial charge in [0.15, 0.2) is 0 Å². The number of benzene rings is 1. The smallest absolute Gasteiger partial charge is 0.399 e. The molecular formula is C14H20BNO2. The molecule has 0 saturated carbocycles. The molecule has 1 saturated heterocycles. The minimum atomic E-state index is -0.269. The average Bonchev–Trinajstić information content (AvgIpc) is 2.80. The minimum Gasteiger partial charge on any atom is -0.399 e. The lowest BCUT2D eigenvalue weighted by atomic mass is 9.78. The first-order valence-corrected chi connectivity index (χ1v) is 6.61. The van der Waals surface area contributed by atoms with Crippen LogP contribution in [0.1, 0.15) is 33.3 Å². The van der Waals surface area contributed by atoms with Crippen molar-refractivity contribution in [3.05, 3.63) is 23.8 Å². The van der Waals surface area contributed by atoms with Crippen LogP contribution < -0.4 is 10.8 Å². The van der Waals surface area contributed by atoms with Gasteiger partial charge in [-0.05, 0) is 51.2 Å². The van der Waals surface area contributed by atoms with Gasteiger partial charge in [0, 0.05) is 12.2 Å². The van der Waals surface area contributed by atoms with Crippen LogP contribution in [0.4, 0.5) is 5.69 Å². The Balaban J connectivity index is 1.89. The van der Waals surface area contributed by atoms with Crippen LogP contribution in [0, 0.1) is 0 Å². The number of fused-ring (bicyclic) bond motifs is 1. The summed E-state index contributed by atoms with van der Waals surface area (Å²) in [5.41, 5.74) is 3.19. The van der Waals surface area contributed by atoms with Gasteiger partial charge in [-0.2, -0.15) is 0 Å². The largest absolute Gasteiger partial charge is 0.494 e. The Kier molecular flexibility index (Phi) is 2.51. The molecule has 0 bridgehead atoms. The third-order valence-electron chi connectivity index (χ3n) is 4.36. The highest BCUT2D eigenvalue weighted by atomic mass is 16.7. The summed E-state index contributed by atoms with van der Waals surface area (Å²) in [4.78, 5) is 0. The van der Waals surface area contributed by atoms with E-state index in [0.717, 1.165) is 18.4 Å². The van der Waals surface area contributed by atoms with Crippen LogP contribution in [0.15, 0.2) is 18.2 Å². The van der Waals surface area contributed by atoms with Crippen molar-refractivity contribution in [2.45, 2.75) is 45.3 Å². The summed E-state index contributed by atoms with van der Waals surface area (Å²) >= 11 is 0. The summed E-state index contributed by atoms with van der Waals surface area (Å²) in [5.74, 6) is 0. The number of hydrogen-bond acceptors (Lipinski definition) is 3. The van der Waals surface area contributed by atoms with E-state index >= 15 is 0 Å². The first-order chi connectivity index (χ1) is 8.39. The monoisotopic (exact) mass is 245 g/mol. The van der Waals surface area contributed by atoms with Crippen molar-refractivity contribution in [1.29, 1.82) is 0 Å². The van der Waals surface area contributed by atoms with Gasteiger partial charge in [0.2, 0.25) is 0 Å². The average molecular weight is 245 g/mol. The van der Waals surface area contributed by atoms with Crippen molar-refractivity contribution >= 4 is 18.3 Å². The van der Waals surface area contributed by atoms with Gasteiger partial charge in [-0.15, -0.1) is 0 Å². The summed E-state index contributed by atoms with van der Waals surface area (Å²) in [7, 11) is -0.249. The van der Waals surface area contributed by atoms with E-state index in [1.165, 1.54) is 11.3 Å². The topological polar surface area (TPSA) is 30.5 Å². The molecule has 0 atom stereocenters. The van der Waals surface area contributed by atoms with E-state index in [-0.39, 0.29) is 18.3 Å². The maximum Gasteiger partial charge on any atom is 0.494 e. The highest BCUT2D eigenvalue weighted by molar-refractivity contribution is 6.62. The molecule has 0 spiro atoms. The summed E-state index contributed by atoms with van der Waals surface area (Å²) in [5, 5.41) is 3.37. The molecule has 1 aromatic carbocycles. The lowest BCUT2D eigenvalue weighted by molar-refractivity contribution is 0.00578. The SMILES string of the molecule is CC1(C)OB(c2ccc3c(c2)CCN3)OC1(C)C. The van der Waals surface area contributed by atoms with Crippen LogP contribution in [0.3, 0.4) is 0 Å². The van der Waals surface area contributed by atoms with E-state index in [1.54, 1.807) is 0 Å². The van der Waals surface area contributed by atoms with E-state index in [4.69, 9.17) is 9.31 Å². The Bertz CT molecular complexity index is 469. The van der Waals surface area contributed by atoms with Crippen molar-refractivity contribution < 1.29 is 9.31 Å². The number of rotatable bonds is 1. The summed E-state index contributed by atoms with van der Waals surface area (Å²) in [6.07, 6.45) is 1.09. The molecule has 3 nitrogen and oxygen atoms in total. The van der Waals surface area contributed by atoms with Crippen molar-refractivity contribution in [3.8, 4) is 0 Å². The van der Waals surface area contributed by atoms with Gasteiger partial charge < -0.3 is 14.6 Å². The van der Waals surface area contributed by atoms with Crippen LogP contribution >= 0.6 is 0 Å². The third kappa shape index (κ3) is 1.75. The minimum absolute atomic E-state index is 0.249. The maximum atomic E-state index is 6.07. The first kappa shape index (κ1) is 12.1. The number of anilines is 1. The van der Waals surface area contributed by atoms with Gasteiger partial charge in [-0.25, -0.2) is 0 Å². The van der Waals surface area contributed by atoms with Crippen LogP contribution in [0.2, 0.25) is 0 Å². The third-order valence-corrected chi connectivity index (χ3v) is 4.36. The van der Waals surface area contributed by atoms with Gasteiger partial charge in [0.25, 0.3) is 0 Å². The molecule has 0 aliphatic carbocycles. The standard InChI is InChI=1S/C14H20BNO2/c1-13(2)14(3,4)18-15(17-13)11-5-6-12-10(9-11)7-8-16-12/h5-6,9,16H,7-8H2,1-4H3. The lowest BCUT2D eigenvalue weighted by Gasteiger charge is -2.32. The van der Waals surface area contributed by atoms with E-state index in [2.05, 4.69) is 51.2 Å². The van der Waals surface area contributed by atoms with Crippen LogP contribution in [-0.2, 0) is 15.7 Å². The second kappa shape index (κ2) is 3.75. The predicted octanol–water partition coefficient (Wildman–Crippen LogP) is 1.95. The normalized spacial score (nSPS) is 23.9. The Hall–Kier alpha value is -0.995. The molecule has 0 unspecified atom stereocenters. The molecule has 2 aliphatic heterocycles. The molecule has 4 heteroatoms. The van der Waals surface area contributed by atoms with Crippen molar-refractivity contribution in [3.63, 3.8) is 0 Å². The molecule has 0 aromatic heterocycles. The molecule has 0 amide bonds.